The van der Waals surface area contributed by atoms with Gasteiger partial charge in [0.25, 0.3) is 0 Å². The molecule has 0 amide bonds. The average Bonchev–Trinajstić information content (AvgIpc) is 2.83. The van der Waals surface area contributed by atoms with Crippen LogP contribution in [0.5, 0.6) is 0 Å². The van der Waals surface area contributed by atoms with Crippen LogP contribution < -0.4 is 0 Å². The van der Waals surface area contributed by atoms with Gasteiger partial charge >= 0.3 is 197 Å². The average molecular weight is 513 g/mol. The van der Waals surface area contributed by atoms with Crippen molar-refractivity contribution in [3.63, 3.8) is 0 Å². The first-order chi connectivity index (χ1) is 15.6. The van der Waals surface area contributed by atoms with Crippen LogP contribution in [-0.2, 0) is 17.8 Å². The summed E-state index contributed by atoms with van der Waals surface area (Å²) < 4.78 is 50.8. The number of hydrogen-bond acceptors (Lipinski definition) is 2. The molecule has 0 aliphatic carbocycles. The van der Waals surface area contributed by atoms with Gasteiger partial charge in [-0.1, -0.05) is 0 Å². The maximum absolute atomic E-state index is 14.0. The van der Waals surface area contributed by atoms with E-state index in [9.17, 15) is 15.9 Å². The second-order valence-corrected chi connectivity index (χ2v) is 34.1. The van der Waals surface area contributed by atoms with E-state index in [-0.39, 0.29) is 0 Å². The topological polar surface area (TPSA) is 74.6 Å². The molecule has 170 valence electrons. The van der Waals surface area contributed by atoms with E-state index in [2.05, 4.69) is 0 Å². The SMILES string of the molecule is [O]=[Cr](=[O])([OH])([OH])([SiH2]C(c1ccccc1)c1ccccc1)[SiH2]C(c1ccccc1)c1ccccc1. The molecule has 0 spiro atoms. The van der Waals surface area contributed by atoms with Crippen molar-refractivity contribution in [1.82, 2.24) is 0 Å². The first-order valence-corrected chi connectivity index (χ1v) is 21.3. The Labute approximate surface area is 196 Å². The van der Waals surface area contributed by atoms with Crippen molar-refractivity contribution in [3.05, 3.63) is 144 Å². The molecule has 0 fully saturated rings. The van der Waals surface area contributed by atoms with Crippen LogP contribution in [0.15, 0.2) is 121 Å². The first-order valence-electron chi connectivity index (χ1n) is 10.9. The van der Waals surface area contributed by atoms with Crippen LogP contribution in [0, 0.1) is 0 Å². The number of benzene rings is 4. The Balaban J connectivity index is 1.79. The molecule has 33 heavy (non-hydrogen) atoms. The summed E-state index contributed by atoms with van der Waals surface area (Å²) in [6.45, 7) is 0. The molecule has 0 aliphatic rings. The van der Waals surface area contributed by atoms with Crippen molar-refractivity contribution in [3.8, 4) is 0 Å². The standard InChI is InChI=1S/2C13H13Si.Cr.2H2O.2O/c2*14-13(11-7-3-1-4-8-11)12-9-5-2-6-10-12;;;;;/h2*1-10,13H,14H2;;2*1H2;;/q;;+2;;;;/p-2. The fourth-order valence-electron chi connectivity index (χ4n) is 4.39. The second kappa shape index (κ2) is 8.62. The van der Waals surface area contributed by atoms with E-state index in [1.165, 1.54) is 0 Å². The van der Waals surface area contributed by atoms with Gasteiger partial charge in [0.1, 0.15) is 0 Å². The zero-order chi connectivity index (χ0) is 23.4. The Morgan fingerprint density at radius 2 is 0.667 bits per heavy atom. The molecule has 7 heteroatoms. The van der Waals surface area contributed by atoms with Crippen LogP contribution in [0.3, 0.4) is 0 Å². The molecular formula is C26H28CrO4Si2. The van der Waals surface area contributed by atoms with Crippen LogP contribution >= 0.6 is 0 Å². The van der Waals surface area contributed by atoms with Crippen LogP contribution in [0.2, 0.25) is 0 Å². The summed E-state index contributed by atoms with van der Waals surface area (Å²) in [6.07, 6.45) is 0. The molecule has 4 rings (SSSR count). The predicted octanol–water partition coefficient (Wildman–Crippen LogP) is 3.46. The summed E-state index contributed by atoms with van der Waals surface area (Å²) in [4.78, 5) is 0. The summed E-state index contributed by atoms with van der Waals surface area (Å²) in [6, 6.07) is 37.2. The molecular weight excluding hydrogens is 484 g/mol. The molecule has 0 unspecified atom stereocenters. The summed E-state index contributed by atoms with van der Waals surface area (Å²) in [5.74, 6) is 0. The molecule has 0 saturated heterocycles. The van der Waals surface area contributed by atoms with Gasteiger partial charge in [-0.15, -0.1) is 0 Å². The van der Waals surface area contributed by atoms with Crippen molar-refractivity contribution in [2.75, 3.05) is 0 Å². The molecule has 0 atom stereocenters. The van der Waals surface area contributed by atoms with Gasteiger partial charge in [-0.2, -0.15) is 0 Å². The first kappa shape index (κ1) is 23.5. The molecule has 4 aromatic carbocycles. The van der Waals surface area contributed by atoms with E-state index >= 15 is 0 Å². The Hall–Kier alpha value is -2.63. The molecule has 0 heterocycles. The molecule has 2 N–H and O–H groups in total. The van der Waals surface area contributed by atoms with E-state index in [0.717, 1.165) is 22.3 Å². The molecule has 0 aromatic heterocycles. The molecule has 4 aromatic rings. The van der Waals surface area contributed by atoms with Crippen molar-refractivity contribution in [1.29, 1.82) is 0 Å². The van der Waals surface area contributed by atoms with Crippen LogP contribution in [0.1, 0.15) is 33.3 Å². The molecule has 0 radical (unpaired) electrons. The van der Waals surface area contributed by atoms with Gasteiger partial charge in [-0.3, -0.25) is 0 Å². The van der Waals surface area contributed by atoms with Gasteiger partial charge in [0.2, 0.25) is 0 Å². The molecule has 0 bridgehead atoms. The fourth-order valence-corrected chi connectivity index (χ4v) is 27.3. The van der Waals surface area contributed by atoms with Gasteiger partial charge in [-0.25, -0.2) is 0 Å². The Morgan fingerprint density at radius 1 is 0.455 bits per heavy atom. The summed E-state index contributed by atoms with van der Waals surface area (Å²) in [7, 11) is -12.4. The molecule has 0 aliphatic heterocycles. The van der Waals surface area contributed by atoms with E-state index in [0.29, 0.717) is 0 Å². The van der Waals surface area contributed by atoms with Crippen molar-refractivity contribution < 1.29 is 26.1 Å². The molecule has 0 saturated carbocycles. The third kappa shape index (κ3) is 6.24. The van der Waals surface area contributed by atoms with Crippen LogP contribution in [0.4, 0.5) is 0 Å². The van der Waals surface area contributed by atoms with E-state index in [1.54, 1.807) is 0 Å². The second-order valence-electron chi connectivity index (χ2n) is 8.72. The zero-order valence-corrected chi connectivity index (χ0v) is 22.3. The number of rotatable bonds is 8. The fraction of sp³-hybridized carbons (Fsp3) is 0.0769. The van der Waals surface area contributed by atoms with E-state index in [4.69, 9.17) is 0 Å². The van der Waals surface area contributed by atoms with Gasteiger partial charge in [0, 0.05) is 0 Å². The van der Waals surface area contributed by atoms with Crippen LogP contribution in [-0.4, -0.2) is 24.5 Å². The van der Waals surface area contributed by atoms with Crippen molar-refractivity contribution in [2.45, 2.75) is 11.1 Å². The minimum atomic E-state index is -7.43. The number of hydrogen-bond donors (Lipinski definition) is 2. The predicted molar refractivity (Wildman–Crippen MR) is 132 cm³/mol. The van der Waals surface area contributed by atoms with E-state index in [1.807, 2.05) is 121 Å². The van der Waals surface area contributed by atoms with Gasteiger partial charge in [0.05, 0.1) is 0 Å². The van der Waals surface area contributed by atoms with Gasteiger partial charge in [0.15, 0.2) is 0 Å². The minimum absolute atomic E-state index is 0.549. The van der Waals surface area contributed by atoms with Crippen LogP contribution in [0.25, 0.3) is 0 Å². The van der Waals surface area contributed by atoms with Gasteiger partial charge < -0.3 is 0 Å². The van der Waals surface area contributed by atoms with Crippen molar-refractivity contribution >= 4 is 16.2 Å². The molecule has 4 nitrogen and oxygen atoms in total. The third-order valence-corrected chi connectivity index (χ3v) is 26.6. The Bertz CT molecular complexity index is 1200. The zero-order valence-electron chi connectivity index (χ0n) is 18.2. The Morgan fingerprint density at radius 3 is 0.879 bits per heavy atom. The third-order valence-electron chi connectivity index (χ3n) is 5.95. The van der Waals surface area contributed by atoms with Gasteiger partial charge in [-0.05, 0) is 0 Å². The monoisotopic (exact) mass is 512 g/mol. The van der Waals surface area contributed by atoms with Crippen molar-refractivity contribution in [2.24, 2.45) is 0 Å². The van der Waals surface area contributed by atoms with E-state index < -0.39 is 37.4 Å². The normalized spacial score (nSPS) is 14.8. The summed E-state index contributed by atoms with van der Waals surface area (Å²) in [5.41, 5.74) is 2.06. The summed E-state index contributed by atoms with van der Waals surface area (Å²) >= 11 is 0. The summed E-state index contributed by atoms with van der Waals surface area (Å²) in [5, 5.41) is 0. The maximum atomic E-state index is 14.0. The Kier molecular flexibility index (Phi) is 6.14. The quantitative estimate of drug-likeness (QED) is 0.355.